The van der Waals surface area contributed by atoms with Crippen molar-refractivity contribution in [3.8, 4) is 16.9 Å². The molecule has 0 aliphatic rings. The highest BCUT2D eigenvalue weighted by molar-refractivity contribution is 6.32. The van der Waals surface area contributed by atoms with Gasteiger partial charge >= 0.3 is 12.3 Å². The summed E-state index contributed by atoms with van der Waals surface area (Å²) in [5, 5.41) is 8.63. The van der Waals surface area contributed by atoms with Crippen molar-refractivity contribution in [2.45, 2.75) is 6.36 Å². The van der Waals surface area contributed by atoms with E-state index in [0.717, 1.165) is 6.07 Å². The van der Waals surface area contributed by atoms with Gasteiger partial charge in [-0.1, -0.05) is 23.7 Å². The lowest BCUT2D eigenvalue weighted by atomic mass is 10.0. The van der Waals surface area contributed by atoms with Crippen LogP contribution in [0.15, 0.2) is 36.5 Å². The van der Waals surface area contributed by atoms with Crippen LogP contribution in [-0.4, -0.2) is 22.4 Å². The molecule has 0 aliphatic heterocycles. The number of aromatic carboxylic acids is 1. The molecule has 2 rings (SSSR count). The van der Waals surface area contributed by atoms with Gasteiger partial charge in [-0.3, -0.25) is 0 Å². The number of alkyl halides is 3. The summed E-state index contributed by atoms with van der Waals surface area (Å²) in [7, 11) is 0. The molecule has 0 aliphatic carbocycles. The summed E-state index contributed by atoms with van der Waals surface area (Å²) in [6.07, 6.45) is -3.74. The van der Waals surface area contributed by atoms with Gasteiger partial charge in [-0.15, -0.1) is 13.2 Å². The number of benzene rings is 1. The molecule has 0 radical (unpaired) electrons. The van der Waals surface area contributed by atoms with Gasteiger partial charge in [0, 0.05) is 11.8 Å². The molecule has 0 bridgehead atoms. The zero-order valence-corrected chi connectivity index (χ0v) is 10.9. The summed E-state index contributed by atoms with van der Waals surface area (Å²) < 4.78 is 41.2. The molecule has 1 N–H and O–H groups in total. The molecule has 1 heterocycles. The zero-order chi connectivity index (χ0) is 15.6. The van der Waals surface area contributed by atoms with Crippen LogP contribution in [0.5, 0.6) is 5.75 Å². The summed E-state index contributed by atoms with van der Waals surface area (Å²) in [6, 6.07) is 6.51. The van der Waals surface area contributed by atoms with E-state index >= 15 is 0 Å². The number of hydrogen-bond acceptors (Lipinski definition) is 3. The number of para-hydroxylation sites is 1. The lowest BCUT2D eigenvalue weighted by molar-refractivity contribution is -0.274. The average molecular weight is 318 g/mol. The Hall–Kier alpha value is -2.28. The van der Waals surface area contributed by atoms with Crippen molar-refractivity contribution in [3.63, 3.8) is 0 Å². The lowest BCUT2D eigenvalue weighted by Gasteiger charge is -2.14. The molecule has 0 atom stereocenters. The largest absolute Gasteiger partial charge is 0.573 e. The molecule has 0 fully saturated rings. The lowest BCUT2D eigenvalue weighted by Crippen LogP contribution is -2.18. The van der Waals surface area contributed by atoms with Gasteiger partial charge in [-0.25, -0.2) is 9.78 Å². The van der Waals surface area contributed by atoms with Gasteiger partial charge in [-0.2, -0.15) is 0 Å². The van der Waals surface area contributed by atoms with E-state index in [1.807, 2.05) is 0 Å². The molecular weight excluding hydrogens is 311 g/mol. The zero-order valence-electron chi connectivity index (χ0n) is 10.2. The number of ether oxygens (including phenoxy) is 1. The van der Waals surface area contributed by atoms with Crippen LogP contribution in [-0.2, 0) is 0 Å². The van der Waals surface area contributed by atoms with Crippen LogP contribution in [0.1, 0.15) is 10.5 Å². The molecular formula is C13H7ClF3NO3. The topological polar surface area (TPSA) is 59.4 Å². The summed E-state index contributed by atoms with van der Waals surface area (Å²) in [4.78, 5) is 14.5. The summed E-state index contributed by atoms with van der Waals surface area (Å²) >= 11 is 5.73. The fourth-order valence-electron chi connectivity index (χ4n) is 1.67. The second-order valence-electron chi connectivity index (χ2n) is 3.90. The third-order valence-electron chi connectivity index (χ3n) is 2.47. The first-order chi connectivity index (χ1) is 9.78. The maximum absolute atomic E-state index is 12.4. The normalized spacial score (nSPS) is 11.2. The molecule has 0 unspecified atom stereocenters. The summed E-state index contributed by atoms with van der Waals surface area (Å²) in [5.74, 6) is -1.88. The number of carboxylic acid groups (broad SMARTS) is 1. The Kier molecular flexibility index (Phi) is 4.04. The maximum Gasteiger partial charge on any atom is 0.573 e. The Labute approximate surface area is 121 Å². The fraction of sp³-hybridized carbons (Fsp3) is 0.0769. The number of carboxylic acids is 1. The average Bonchev–Trinajstić information content (AvgIpc) is 2.40. The SMILES string of the molecule is O=C(O)c1cc(-c2cccc(Cl)c2OC(F)(F)F)ccn1. The second kappa shape index (κ2) is 5.61. The molecule has 0 spiro atoms. The van der Waals surface area contributed by atoms with Crippen LogP contribution < -0.4 is 4.74 Å². The Bertz CT molecular complexity index is 689. The predicted octanol–water partition coefficient (Wildman–Crippen LogP) is 4.00. The molecule has 8 heteroatoms. The minimum absolute atomic E-state index is 0.0183. The first kappa shape index (κ1) is 15.1. The Morgan fingerprint density at radius 1 is 1.29 bits per heavy atom. The predicted molar refractivity (Wildman–Crippen MR) is 68.3 cm³/mol. The van der Waals surface area contributed by atoms with Crippen LogP contribution in [0, 0.1) is 0 Å². The highest BCUT2D eigenvalue weighted by Gasteiger charge is 2.33. The minimum atomic E-state index is -4.91. The molecule has 110 valence electrons. The third kappa shape index (κ3) is 3.63. The van der Waals surface area contributed by atoms with Crippen molar-refractivity contribution in [2.24, 2.45) is 0 Å². The Balaban J connectivity index is 2.56. The van der Waals surface area contributed by atoms with E-state index in [-0.39, 0.29) is 21.8 Å². The highest BCUT2D eigenvalue weighted by Crippen LogP contribution is 2.39. The van der Waals surface area contributed by atoms with Crippen molar-refractivity contribution < 1.29 is 27.8 Å². The monoisotopic (exact) mass is 317 g/mol. The van der Waals surface area contributed by atoms with Crippen molar-refractivity contribution >= 4 is 17.6 Å². The Morgan fingerprint density at radius 2 is 2.00 bits per heavy atom. The van der Waals surface area contributed by atoms with Crippen molar-refractivity contribution in [1.82, 2.24) is 4.98 Å². The van der Waals surface area contributed by atoms with Crippen molar-refractivity contribution in [3.05, 3.63) is 47.2 Å². The number of nitrogens with zero attached hydrogens (tertiary/aromatic N) is 1. The number of carbonyl (C=O) groups is 1. The van der Waals surface area contributed by atoms with Crippen molar-refractivity contribution in [2.75, 3.05) is 0 Å². The van der Waals surface area contributed by atoms with Crippen molar-refractivity contribution in [1.29, 1.82) is 0 Å². The molecule has 21 heavy (non-hydrogen) atoms. The van der Waals surface area contributed by atoms with E-state index in [0.29, 0.717) is 0 Å². The summed E-state index contributed by atoms with van der Waals surface area (Å²) in [6.45, 7) is 0. The molecule has 1 aromatic carbocycles. The Morgan fingerprint density at radius 3 is 2.62 bits per heavy atom. The minimum Gasteiger partial charge on any atom is -0.477 e. The number of halogens is 4. The maximum atomic E-state index is 12.4. The van der Waals surface area contributed by atoms with Gasteiger partial charge in [0.1, 0.15) is 5.69 Å². The molecule has 0 amide bonds. The van der Waals surface area contributed by atoms with Crippen LogP contribution in [0.2, 0.25) is 5.02 Å². The number of pyridine rings is 1. The second-order valence-corrected chi connectivity index (χ2v) is 4.31. The standard InChI is InChI=1S/C13H7ClF3NO3/c14-9-3-1-2-8(11(9)21-13(15,16)17)7-4-5-18-10(6-7)12(19)20/h1-6H,(H,19,20). The van der Waals surface area contributed by atoms with Gasteiger partial charge in [0.25, 0.3) is 0 Å². The van der Waals surface area contributed by atoms with Gasteiger partial charge in [0.2, 0.25) is 0 Å². The van der Waals surface area contributed by atoms with E-state index in [1.54, 1.807) is 0 Å². The number of hydrogen-bond donors (Lipinski definition) is 1. The van der Waals surface area contributed by atoms with Crippen LogP contribution in [0.3, 0.4) is 0 Å². The first-order valence-electron chi connectivity index (χ1n) is 5.52. The quantitative estimate of drug-likeness (QED) is 0.929. The molecule has 1 aromatic heterocycles. The van der Waals surface area contributed by atoms with E-state index in [1.165, 1.54) is 30.5 Å². The van der Waals surface area contributed by atoms with Gasteiger partial charge in [0.15, 0.2) is 5.75 Å². The third-order valence-corrected chi connectivity index (χ3v) is 2.77. The van der Waals surface area contributed by atoms with Crippen LogP contribution in [0.25, 0.3) is 11.1 Å². The first-order valence-corrected chi connectivity index (χ1v) is 5.90. The smallest absolute Gasteiger partial charge is 0.477 e. The molecule has 2 aromatic rings. The fourth-order valence-corrected chi connectivity index (χ4v) is 1.88. The number of rotatable bonds is 3. The van der Waals surface area contributed by atoms with Crippen LogP contribution >= 0.6 is 11.6 Å². The number of aromatic nitrogens is 1. The van der Waals surface area contributed by atoms with E-state index < -0.39 is 18.1 Å². The molecule has 4 nitrogen and oxygen atoms in total. The van der Waals surface area contributed by atoms with E-state index in [9.17, 15) is 18.0 Å². The van der Waals surface area contributed by atoms with Gasteiger partial charge in [0.05, 0.1) is 5.02 Å². The van der Waals surface area contributed by atoms with E-state index in [2.05, 4.69) is 9.72 Å². The molecule has 0 saturated carbocycles. The van der Waals surface area contributed by atoms with Gasteiger partial charge in [-0.05, 0) is 23.8 Å². The van der Waals surface area contributed by atoms with Crippen LogP contribution in [0.4, 0.5) is 13.2 Å². The summed E-state index contributed by atoms with van der Waals surface area (Å²) in [5.41, 5.74) is -0.0840. The van der Waals surface area contributed by atoms with Gasteiger partial charge < -0.3 is 9.84 Å². The van der Waals surface area contributed by atoms with E-state index in [4.69, 9.17) is 16.7 Å². The molecule has 0 saturated heterocycles. The highest BCUT2D eigenvalue weighted by atomic mass is 35.5.